The second-order valence-corrected chi connectivity index (χ2v) is 10.8. The molecule has 9 heteroatoms. The van der Waals surface area contributed by atoms with Crippen LogP contribution in [0.1, 0.15) is 41.3 Å². The van der Waals surface area contributed by atoms with E-state index in [-0.39, 0.29) is 31.7 Å². The molecule has 3 aromatic rings. The molecule has 0 spiro atoms. The summed E-state index contributed by atoms with van der Waals surface area (Å²) in [6, 6.07) is 12.2. The second-order valence-electron chi connectivity index (χ2n) is 8.89. The van der Waals surface area contributed by atoms with Gasteiger partial charge in [-0.25, -0.2) is 13.2 Å². The summed E-state index contributed by atoms with van der Waals surface area (Å²) in [6.45, 7) is 2.97. The Balaban J connectivity index is 1.32. The van der Waals surface area contributed by atoms with Gasteiger partial charge in [0.15, 0.2) is 11.3 Å². The molecule has 1 aliphatic carbocycles. The van der Waals surface area contributed by atoms with Gasteiger partial charge in [-0.2, -0.15) is 4.31 Å². The maximum Gasteiger partial charge on any atom is 0.349 e. The number of benzene rings is 2. The van der Waals surface area contributed by atoms with Crippen LogP contribution in [-0.4, -0.2) is 56.3 Å². The molecule has 2 aromatic carbocycles. The largest absolute Gasteiger partial charge is 0.490 e. The number of hydrogen-bond donors (Lipinski definition) is 0. The van der Waals surface area contributed by atoms with Crippen molar-refractivity contribution in [2.45, 2.75) is 37.5 Å². The van der Waals surface area contributed by atoms with Crippen molar-refractivity contribution in [3.63, 3.8) is 0 Å². The molecule has 0 saturated carbocycles. The fourth-order valence-corrected chi connectivity index (χ4v) is 6.33. The Morgan fingerprint density at radius 2 is 1.74 bits per heavy atom. The number of rotatable bonds is 5. The SMILES string of the molecule is CCOc1cccc2cc(C(=O)N3CCN(S(=O)(=O)c4ccc5c(c4)CCCC5)CC3)c(=O)oc12. The summed E-state index contributed by atoms with van der Waals surface area (Å²) in [4.78, 5) is 27.6. The zero-order valence-corrected chi connectivity index (χ0v) is 20.5. The monoisotopic (exact) mass is 496 g/mol. The highest BCUT2D eigenvalue weighted by Gasteiger charge is 2.32. The van der Waals surface area contributed by atoms with E-state index in [2.05, 4.69) is 0 Å². The number of piperazine rings is 1. The Morgan fingerprint density at radius 3 is 2.49 bits per heavy atom. The predicted octanol–water partition coefficient (Wildman–Crippen LogP) is 3.22. The van der Waals surface area contributed by atoms with E-state index in [9.17, 15) is 18.0 Å². The molecule has 1 aliphatic heterocycles. The van der Waals surface area contributed by atoms with Crippen LogP contribution in [-0.2, 0) is 22.9 Å². The lowest BCUT2D eigenvalue weighted by molar-refractivity contribution is 0.0693. The van der Waals surface area contributed by atoms with Gasteiger partial charge in [0.25, 0.3) is 5.91 Å². The number of carbonyl (C=O) groups is 1. The van der Waals surface area contributed by atoms with Crippen molar-refractivity contribution in [2.75, 3.05) is 32.8 Å². The first-order valence-corrected chi connectivity index (χ1v) is 13.4. The van der Waals surface area contributed by atoms with Crippen molar-refractivity contribution >= 4 is 26.9 Å². The summed E-state index contributed by atoms with van der Waals surface area (Å²) in [5.74, 6) is -0.0182. The highest BCUT2D eigenvalue weighted by molar-refractivity contribution is 7.89. The minimum atomic E-state index is -3.66. The van der Waals surface area contributed by atoms with E-state index in [0.717, 1.165) is 31.2 Å². The van der Waals surface area contributed by atoms with E-state index in [0.29, 0.717) is 28.2 Å². The van der Waals surface area contributed by atoms with E-state index in [1.807, 2.05) is 13.0 Å². The lowest BCUT2D eigenvalue weighted by Gasteiger charge is -2.34. The summed E-state index contributed by atoms with van der Waals surface area (Å²) in [5, 5.41) is 0.590. The molecule has 1 saturated heterocycles. The number of sulfonamides is 1. The number of amides is 1. The quantitative estimate of drug-likeness (QED) is 0.503. The average molecular weight is 497 g/mol. The molecule has 0 unspecified atom stereocenters. The third-order valence-electron chi connectivity index (χ3n) is 6.74. The molecule has 184 valence electrons. The van der Waals surface area contributed by atoms with Gasteiger partial charge in [-0.15, -0.1) is 0 Å². The first-order chi connectivity index (χ1) is 16.9. The number of nitrogens with zero attached hydrogens (tertiary/aromatic N) is 2. The number of ether oxygens (including phenoxy) is 1. The Labute approximate surface area is 204 Å². The van der Waals surface area contributed by atoms with Gasteiger partial charge in [0.05, 0.1) is 11.5 Å². The Bertz CT molecular complexity index is 1440. The summed E-state index contributed by atoms with van der Waals surface area (Å²) >= 11 is 0. The topological polar surface area (TPSA) is 97.1 Å². The molecule has 0 atom stereocenters. The van der Waals surface area contributed by atoms with Gasteiger partial charge in [0, 0.05) is 31.6 Å². The maximum absolute atomic E-state index is 13.3. The maximum atomic E-state index is 13.3. The summed E-state index contributed by atoms with van der Waals surface area (Å²) in [6.07, 6.45) is 4.11. The fourth-order valence-electron chi connectivity index (χ4n) is 4.86. The number of hydrogen-bond acceptors (Lipinski definition) is 6. The highest BCUT2D eigenvalue weighted by Crippen LogP contribution is 2.27. The molecule has 35 heavy (non-hydrogen) atoms. The number of carbonyl (C=O) groups excluding carboxylic acids is 1. The van der Waals surface area contributed by atoms with Gasteiger partial charge in [0.1, 0.15) is 5.56 Å². The average Bonchev–Trinajstić information content (AvgIpc) is 2.88. The van der Waals surface area contributed by atoms with Gasteiger partial charge < -0.3 is 14.1 Å². The first-order valence-electron chi connectivity index (χ1n) is 12.0. The van der Waals surface area contributed by atoms with E-state index in [4.69, 9.17) is 9.15 Å². The van der Waals surface area contributed by atoms with Gasteiger partial charge >= 0.3 is 5.63 Å². The molecule has 0 bridgehead atoms. The van der Waals surface area contributed by atoms with E-state index < -0.39 is 21.6 Å². The van der Waals surface area contributed by atoms with Crippen LogP contribution in [0.15, 0.2) is 56.6 Å². The van der Waals surface area contributed by atoms with Crippen molar-refractivity contribution in [3.8, 4) is 5.75 Å². The first kappa shape index (κ1) is 23.6. The molecule has 2 heterocycles. The minimum Gasteiger partial charge on any atom is -0.490 e. The van der Waals surface area contributed by atoms with Crippen LogP contribution >= 0.6 is 0 Å². The molecule has 2 aliphatic rings. The third-order valence-corrected chi connectivity index (χ3v) is 8.63. The molecule has 8 nitrogen and oxygen atoms in total. The van der Waals surface area contributed by atoms with Crippen LogP contribution in [0.2, 0.25) is 0 Å². The van der Waals surface area contributed by atoms with Crippen LogP contribution in [0.3, 0.4) is 0 Å². The molecular weight excluding hydrogens is 468 g/mol. The Kier molecular flexibility index (Phi) is 6.37. The smallest absolute Gasteiger partial charge is 0.349 e. The predicted molar refractivity (Wildman–Crippen MR) is 131 cm³/mol. The van der Waals surface area contributed by atoms with Crippen molar-refractivity contribution in [1.82, 2.24) is 9.21 Å². The van der Waals surface area contributed by atoms with E-state index >= 15 is 0 Å². The molecule has 1 fully saturated rings. The van der Waals surface area contributed by atoms with Gasteiger partial charge in [-0.05, 0) is 68.0 Å². The van der Waals surface area contributed by atoms with Crippen molar-refractivity contribution in [3.05, 3.63) is 69.6 Å². The van der Waals surface area contributed by atoms with Crippen LogP contribution in [0.5, 0.6) is 5.75 Å². The van der Waals surface area contributed by atoms with E-state index in [1.54, 1.807) is 30.3 Å². The van der Waals surface area contributed by atoms with Crippen molar-refractivity contribution in [2.24, 2.45) is 0 Å². The lowest BCUT2D eigenvalue weighted by Crippen LogP contribution is -2.51. The van der Waals surface area contributed by atoms with Crippen molar-refractivity contribution < 1.29 is 22.4 Å². The standard InChI is InChI=1S/C26H28N2O6S/c1-2-33-23-9-5-8-20-17-22(26(30)34-24(20)23)25(29)27-12-14-28(15-13-27)35(31,32)21-11-10-18-6-3-4-7-19(18)16-21/h5,8-11,16-17H,2-4,6-7,12-15H2,1H3. The van der Waals surface area contributed by atoms with Crippen LogP contribution in [0.25, 0.3) is 11.0 Å². The zero-order chi connectivity index (χ0) is 24.6. The van der Waals surface area contributed by atoms with Gasteiger partial charge in [-0.1, -0.05) is 18.2 Å². The van der Waals surface area contributed by atoms with Crippen LogP contribution < -0.4 is 10.4 Å². The van der Waals surface area contributed by atoms with Gasteiger partial charge in [0.2, 0.25) is 10.0 Å². The molecule has 1 aromatic heterocycles. The third kappa shape index (κ3) is 4.46. The summed E-state index contributed by atoms with van der Waals surface area (Å²) < 4.78 is 38.9. The molecule has 0 N–H and O–H groups in total. The van der Waals surface area contributed by atoms with Crippen LogP contribution in [0.4, 0.5) is 0 Å². The zero-order valence-electron chi connectivity index (χ0n) is 19.7. The van der Waals surface area contributed by atoms with E-state index in [1.165, 1.54) is 20.8 Å². The Hall–Kier alpha value is -3.17. The second kappa shape index (κ2) is 9.47. The normalized spacial score (nSPS) is 16.8. The number of aryl methyl sites for hydroxylation is 2. The molecule has 0 radical (unpaired) electrons. The molecular formula is C26H28N2O6S. The van der Waals surface area contributed by atoms with Gasteiger partial charge in [-0.3, -0.25) is 4.79 Å². The molecule has 1 amide bonds. The lowest BCUT2D eigenvalue weighted by atomic mass is 9.92. The minimum absolute atomic E-state index is 0.0721. The summed E-state index contributed by atoms with van der Waals surface area (Å²) in [5.41, 5.74) is 1.84. The fraction of sp³-hybridized carbons (Fsp3) is 0.385. The number of fused-ring (bicyclic) bond motifs is 2. The Morgan fingerprint density at radius 1 is 1.00 bits per heavy atom. The van der Waals surface area contributed by atoms with Crippen molar-refractivity contribution in [1.29, 1.82) is 0 Å². The highest BCUT2D eigenvalue weighted by atomic mass is 32.2. The molecule has 5 rings (SSSR count). The summed E-state index contributed by atoms with van der Waals surface area (Å²) in [7, 11) is -3.66. The van der Waals surface area contributed by atoms with Crippen LogP contribution in [0, 0.1) is 0 Å². The number of para-hydroxylation sites is 1.